The van der Waals surface area contributed by atoms with Crippen LogP contribution in [-0.2, 0) is 6.54 Å². The molecule has 100 valence electrons. The van der Waals surface area contributed by atoms with Crippen LogP contribution in [0, 0.1) is 6.92 Å². The molecule has 0 aliphatic heterocycles. The normalized spacial score (nSPS) is 10.5. The van der Waals surface area contributed by atoms with E-state index in [1.807, 2.05) is 13.0 Å². The van der Waals surface area contributed by atoms with Crippen LogP contribution in [0.4, 0.5) is 0 Å². The van der Waals surface area contributed by atoms with Crippen molar-refractivity contribution in [2.75, 3.05) is 6.61 Å². The zero-order chi connectivity index (χ0) is 13.8. The van der Waals surface area contributed by atoms with E-state index in [4.69, 9.17) is 27.9 Å². The summed E-state index contributed by atoms with van der Waals surface area (Å²) in [6.07, 6.45) is 1.75. The molecule has 19 heavy (non-hydrogen) atoms. The van der Waals surface area contributed by atoms with Gasteiger partial charge in [0.2, 0.25) is 0 Å². The predicted molar refractivity (Wildman–Crippen MR) is 77.4 cm³/mol. The fraction of sp³-hybridized carbons (Fsp3) is 0.214. The van der Waals surface area contributed by atoms with Crippen molar-refractivity contribution in [3.8, 4) is 5.75 Å². The smallest absolute Gasteiger partial charge is 0.250 e. The number of aryl methyl sites for hydroxylation is 1. The number of nitrogens with zero attached hydrogens (tertiary/aromatic N) is 1. The van der Waals surface area contributed by atoms with Crippen LogP contribution in [0.5, 0.6) is 5.75 Å². The van der Waals surface area contributed by atoms with Gasteiger partial charge in [-0.15, -0.1) is 0 Å². The summed E-state index contributed by atoms with van der Waals surface area (Å²) in [5.41, 5.74) is 0.894. The summed E-state index contributed by atoms with van der Waals surface area (Å²) in [4.78, 5) is 11.7. The number of aromatic nitrogens is 1. The number of pyridine rings is 1. The number of ether oxygens (including phenoxy) is 1. The predicted octanol–water partition coefficient (Wildman–Crippen LogP) is 3.54. The maximum atomic E-state index is 11.7. The summed E-state index contributed by atoms with van der Waals surface area (Å²) >= 11 is 12.0. The second-order valence-electron chi connectivity index (χ2n) is 4.13. The third-order valence-electron chi connectivity index (χ3n) is 2.65. The highest BCUT2D eigenvalue weighted by Crippen LogP contribution is 2.32. The van der Waals surface area contributed by atoms with E-state index < -0.39 is 0 Å². The Morgan fingerprint density at radius 1 is 1.21 bits per heavy atom. The van der Waals surface area contributed by atoms with Gasteiger partial charge in [-0.05, 0) is 30.7 Å². The van der Waals surface area contributed by atoms with Crippen molar-refractivity contribution in [2.45, 2.75) is 13.5 Å². The van der Waals surface area contributed by atoms with Gasteiger partial charge in [-0.3, -0.25) is 4.79 Å². The van der Waals surface area contributed by atoms with Crippen LogP contribution in [0.1, 0.15) is 5.56 Å². The monoisotopic (exact) mass is 297 g/mol. The molecule has 0 saturated heterocycles. The maximum Gasteiger partial charge on any atom is 0.250 e. The molecule has 0 saturated carbocycles. The Kier molecular flexibility index (Phi) is 4.51. The summed E-state index contributed by atoms with van der Waals surface area (Å²) in [6.45, 7) is 2.65. The summed E-state index contributed by atoms with van der Waals surface area (Å²) in [5, 5.41) is 0.924. The first-order valence-electron chi connectivity index (χ1n) is 5.82. The molecule has 0 aliphatic rings. The first-order valence-corrected chi connectivity index (χ1v) is 6.57. The van der Waals surface area contributed by atoms with Crippen molar-refractivity contribution in [1.82, 2.24) is 4.57 Å². The Morgan fingerprint density at radius 3 is 2.53 bits per heavy atom. The standard InChI is InChI=1S/C14H13Cl2NO2/c1-10-5-6-17(13(18)9-10)7-8-19-14-11(15)3-2-4-12(14)16/h2-6,9H,7-8H2,1H3. The second kappa shape index (κ2) is 6.13. The Balaban J connectivity index is 2.02. The molecular formula is C14H13Cl2NO2. The first-order chi connectivity index (χ1) is 9.08. The Bertz CT molecular complexity index is 617. The lowest BCUT2D eigenvalue weighted by atomic mass is 10.3. The van der Waals surface area contributed by atoms with Gasteiger partial charge in [-0.1, -0.05) is 29.3 Å². The SMILES string of the molecule is Cc1ccn(CCOc2c(Cl)cccc2Cl)c(=O)c1. The van der Waals surface area contributed by atoms with E-state index in [9.17, 15) is 4.79 Å². The van der Waals surface area contributed by atoms with Crippen molar-refractivity contribution in [1.29, 1.82) is 0 Å². The average Bonchev–Trinajstić information content (AvgIpc) is 2.35. The molecule has 0 fully saturated rings. The maximum absolute atomic E-state index is 11.7. The van der Waals surface area contributed by atoms with Crippen LogP contribution >= 0.6 is 23.2 Å². The molecule has 0 radical (unpaired) electrons. The van der Waals surface area contributed by atoms with Gasteiger partial charge in [0, 0.05) is 12.3 Å². The number of benzene rings is 1. The quantitative estimate of drug-likeness (QED) is 0.864. The van der Waals surface area contributed by atoms with Crippen molar-refractivity contribution in [3.05, 3.63) is 62.5 Å². The van der Waals surface area contributed by atoms with Crippen molar-refractivity contribution >= 4 is 23.2 Å². The molecule has 1 heterocycles. The van der Waals surface area contributed by atoms with Gasteiger partial charge >= 0.3 is 0 Å². The molecule has 2 aromatic rings. The molecule has 0 atom stereocenters. The van der Waals surface area contributed by atoms with Crippen LogP contribution < -0.4 is 10.3 Å². The number of hydrogen-bond donors (Lipinski definition) is 0. The fourth-order valence-corrected chi connectivity index (χ4v) is 2.16. The summed E-state index contributed by atoms with van der Waals surface area (Å²) in [7, 11) is 0. The Hall–Kier alpha value is -1.45. The minimum Gasteiger partial charge on any atom is -0.489 e. The number of para-hydroxylation sites is 1. The molecular weight excluding hydrogens is 285 g/mol. The van der Waals surface area contributed by atoms with Gasteiger partial charge in [0.05, 0.1) is 16.6 Å². The minimum atomic E-state index is -0.0474. The summed E-state index contributed by atoms with van der Waals surface area (Å²) in [5.74, 6) is 0.450. The van der Waals surface area contributed by atoms with Gasteiger partial charge in [0.25, 0.3) is 5.56 Å². The van der Waals surface area contributed by atoms with E-state index in [1.54, 1.807) is 35.0 Å². The van der Waals surface area contributed by atoms with Crippen LogP contribution in [0.2, 0.25) is 10.0 Å². The molecule has 0 spiro atoms. The van der Waals surface area contributed by atoms with Gasteiger partial charge in [0.1, 0.15) is 6.61 Å². The Labute approximate surface area is 121 Å². The summed E-state index contributed by atoms with van der Waals surface area (Å²) in [6, 6.07) is 8.63. The molecule has 0 bridgehead atoms. The fourth-order valence-electron chi connectivity index (χ4n) is 1.66. The van der Waals surface area contributed by atoms with Crippen molar-refractivity contribution < 1.29 is 4.74 Å². The number of rotatable bonds is 4. The molecule has 3 nitrogen and oxygen atoms in total. The lowest BCUT2D eigenvalue weighted by Crippen LogP contribution is -2.22. The molecule has 0 aliphatic carbocycles. The minimum absolute atomic E-state index is 0.0474. The summed E-state index contributed by atoms with van der Waals surface area (Å²) < 4.78 is 7.11. The van der Waals surface area contributed by atoms with Crippen LogP contribution in [0.25, 0.3) is 0 Å². The molecule has 1 aromatic heterocycles. The van der Waals surface area contributed by atoms with Gasteiger partial charge in [-0.2, -0.15) is 0 Å². The Morgan fingerprint density at radius 2 is 1.89 bits per heavy atom. The highest BCUT2D eigenvalue weighted by atomic mass is 35.5. The van der Waals surface area contributed by atoms with E-state index in [2.05, 4.69) is 0 Å². The number of halogens is 2. The van der Waals surface area contributed by atoms with Crippen LogP contribution in [0.15, 0.2) is 41.3 Å². The molecule has 0 unspecified atom stereocenters. The van der Waals surface area contributed by atoms with E-state index in [1.165, 1.54) is 0 Å². The van der Waals surface area contributed by atoms with E-state index >= 15 is 0 Å². The third-order valence-corrected chi connectivity index (χ3v) is 3.24. The van der Waals surface area contributed by atoms with Crippen molar-refractivity contribution in [2.24, 2.45) is 0 Å². The van der Waals surface area contributed by atoms with E-state index in [0.717, 1.165) is 5.56 Å². The largest absolute Gasteiger partial charge is 0.489 e. The highest BCUT2D eigenvalue weighted by molar-refractivity contribution is 6.37. The zero-order valence-electron chi connectivity index (χ0n) is 10.4. The average molecular weight is 298 g/mol. The molecule has 0 N–H and O–H groups in total. The lowest BCUT2D eigenvalue weighted by molar-refractivity contribution is 0.296. The highest BCUT2D eigenvalue weighted by Gasteiger charge is 2.06. The first kappa shape index (κ1) is 14.0. The van der Waals surface area contributed by atoms with Gasteiger partial charge < -0.3 is 9.30 Å². The molecule has 1 aromatic carbocycles. The molecule has 0 amide bonds. The lowest BCUT2D eigenvalue weighted by Gasteiger charge is -2.10. The van der Waals surface area contributed by atoms with Gasteiger partial charge in [0.15, 0.2) is 5.75 Å². The van der Waals surface area contributed by atoms with Crippen LogP contribution in [-0.4, -0.2) is 11.2 Å². The van der Waals surface area contributed by atoms with E-state index in [-0.39, 0.29) is 5.56 Å². The zero-order valence-corrected chi connectivity index (χ0v) is 11.9. The number of hydrogen-bond acceptors (Lipinski definition) is 2. The second-order valence-corrected chi connectivity index (χ2v) is 4.95. The van der Waals surface area contributed by atoms with Gasteiger partial charge in [-0.25, -0.2) is 0 Å². The third kappa shape index (κ3) is 3.52. The van der Waals surface area contributed by atoms with Crippen LogP contribution in [0.3, 0.4) is 0 Å². The van der Waals surface area contributed by atoms with E-state index in [0.29, 0.717) is 28.9 Å². The van der Waals surface area contributed by atoms with Crippen molar-refractivity contribution in [3.63, 3.8) is 0 Å². The topological polar surface area (TPSA) is 31.2 Å². The molecule has 5 heteroatoms. The molecule has 2 rings (SSSR count).